The van der Waals surface area contributed by atoms with Crippen LogP contribution in [0.15, 0.2) is 70.3 Å². The van der Waals surface area contributed by atoms with Gasteiger partial charge in [0, 0.05) is 0 Å². The van der Waals surface area contributed by atoms with Crippen molar-refractivity contribution in [1.82, 2.24) is 14.3 Å². The molecule has 0 aliphatic rings. The molecular weight excluding hydrogens is 294 g/mol. The number of para-hydroxylation sites is 1. The highest BCUT2D eigenvalue weighted by molar-refractivity contribution is 5.30. The second-order valence-corrected chi connectivity index (χ2v) is 4.92. The van der Waals surface area contributed by atoms with Gasteiger partial charge in [-0.2, -0.15) is 4.68 Å². The molecule has 1 heterocycles. The molecule has 6 nitrogen and oxygen atoms in total. The van der Waals surface area contributed by atoms with Crippen molar-refractivity contribution < 1.29 is 4.74 Å². The van der Waals surface area contributed by atoms with E-state index in [1.807, 2.05) is 36.4 Å². The van der Waals surface area contributed by atoms with Gasteiger partial charge in [-0.05, 0) is 17.7 Å². The van der Waals surface area contributed by atoms with Crippen molar-refractivity contribution >= 4 is 0 Å². The highest BCUT2D eigenvalue weighted by Gasteiger charge is 2.15. The zero-order valence-corrected chi connectivity index (χ0v) is 12.5. The van der Waals surface area contributed by atoms with Crippen LogP contribution >= 0.6 is 0 Å². The monoisotopic (exact) mass is 309 g/mol. The highest BCUT2D eigenvalue weighted by Crippen LogP contribution is 2.05. The van der Waals surface area contributed by atoms with Crippen molar-refractivity contribution in [3.63, 3.8) is 0 Å². The van der Waals surface area contributed by atoms with Gasteiger partial charge >= 0.3 is 11.2 Å². The van der Waals surface area contributed by atoms with Gasteiger partial charge in [0.25, 0.3) is 5.88 Å². The standard InChI is InChI=1S/C17H15N3O3/c1-23-15-16(21)19(12-13-8-4-2-5-9-13)17(22)20(18-15)14-10-6-3-7-11-14/h2-11H,12H2,1H3. The first kappa shape index (κ1) is 14.8. The van der Waals surface area contributed by atoms with Gasteiger partial charge in [0.1, 0.15) is 0 Å². The highest BCUT2D eigenvalue weighted by atomic mass is 16.5. The van der Waals surface area contributed by atoms with E-state index in [0.29, 0.717) is 5.69 Å². The zero-order valence-electron chi connectivity index (χ0n) is 12.5. The Morgan fingerprint density at radius 3 is 2.17 bits per heavy atom. The van der Waals surface area contributed by atoms with Gasteiger partial charge in [-0.1, -0.05) is 48.5 Å². The average molecular weight is 309 g/mol. The van der Waals surface area contributed by atoms with Crippen LogP contribution in [0, 0.1) is 0 Å². The maximum atomic E-state index is 12.7. The van der Waals surface area contributed by atoms with Crippen LogP contribution in [0.2, 0.25) is 0 Å². The normalized spacial score (nSPS) is 10.5. The van der Waals surface area contributed by atoms with E-state index < -0.39 is 11.2 Å². The predicted molar refractivity (Wildman–Crippen MR) is 86.2 cm³/mol. The number of nitrogens with zero attached hydrogens (tertiary/aromatic N) is 3. The van der Waals surface area contributed by atoms with Crippen LogP contribution in [0.1, 0.15) is 5.56 Å². The minimum Gasteiger partial charge on any atom is -0.476 e. The van der Waals surface area contributed by atoms with Crippen molar-refractivity contribution in [2.45, 2.75) is 6.54 Å². The number of aromatic nitrogens is 3. The lowest BCUT2D eigenvalue weighted by Gasteiger charge is -2.11. The van der Waals surface area contributed by atoms with Gasteiger partial charge in [-0.3, -0.25) is 4.79 Å². The topological polar surface area (TPSA) is 66.1 Å². The molecule has 0 bridgehead atoms. The summed E-state index contributed by atoms with van der Waals surface area (Å²) in [6, 6.07) is 18.2. The molecule has 3 rings (SSSR count). The van der Waals surface area contributed by atoms with Crippen molar-refractivity contribution in [2.75, 3.05) is 7.11 Å². The van der Waals surface area contributed by atoms with Crippen molar-refractivity contribution in [3.8, 4) is 11.6 Å². The van der Waals surface area contributed by atoms with Gasteiger partial charge in [-0.25, -0.2) is 9.36 Å². The molecule has 0 fully saturated rings. The van der Waals surface area contributed by atoms with Gasteiger partial charge in [0.2, 0.25) is 0 Å². The van der Waals surface area contributed by atoms with Crippen molar-refractivity contribution in [3.05, 3.63) is 87.1 Å². The van der Waals surface area contributed by atoms with E-state index in [0.717, 1.165) is 10.1 Å². The van der Waals surface area contributed by atoms with E-state index in [2.05, 4.69) is 5.10 Å². The fraction of sp³-hybridized carbons (Fsp3) is 0.118. The number of benzene rings is 2. The van der Waals surface area contributed by atoms with E-state index in [1.165, 1.54) is 11.8 Å². The molecule has 0 N–H and O–H groups in total. The lowest BCUT2D eigenvalue weighted by Crippen LogP contribution is -2.41. The third kappa shape index (κ3) is 2.91. The molecule has 6 heteroatoms. The summed E-state index contributed by atoms with van der Waals surface area (Å²) in [6.45, 7) is 0.157. The minimum absolute atomic E-state index is 0.121. The van der Waals surface area contributed by atoms with Gasteiger partial charge in [0.05, 0.1) is 19.3 Å². The molecule has 0 radical (unpaired) electrons. The number of hydrogen-bond acceptors (Lipinski definition) is 4. The molecule has 0 aliphatic heterocycles. The van der Waals surface area contributed by atoms with E-state index in [-0.39, 0.29) is 12.4 Å². The summed E-state index contributed by atoms with van der Waals surface area (Å²) in [5.74, 6) is -0.121. The Labute approximate surface area is 132 Å². The number of hydrogen-bond donors (Lipinski definition) is 0. The number of rotatable bonds is 4. The Morgan fingerprint density at radius 2 is 1.57 bits per heavy atom. The van der Waals surface area contributed by atoms with Crippen molar-refractivity contribution in [1.29, 1.82) is 0 Å². The molecule has 23 heavy (non-hydrogen) atoms. The molecule has 116 valence electrons. The Balaban J connectivity index is 2.19. The maximum absolute atomic E-state index is 12.7. The summed E-state index contributed by atoms with van der Waals surface area (Å²) in [6.07, 6.45) is 0. The van der Waals surface area contributed by atoms with E-state index >= 15 is 0 Å². The van der Waals surface area contributed by atoms with E-state index in [4.69, 9.17) is 4.74 Å². The Bertz CT molecular complexity index is 915. The number of methoxy groups -OCH3 is 1. The molecule has 0 spiro atoms. The van der Waals surface area contributed by atoms with Gasteiger partial charge in [0.15, 0.2) is 0 Å². The lowest BCUT2D eigenvalue weighted by molar-refractivity contribution is 0.367. The van der Waals surface area contributed by atoms with Gasteiger partial charge in [-0.15, -0.1) is 5.10 Å². The lowest BCUT2D eigenvalue weighted by atomic mass is 10.2. The van der Waals surface area contributed by atoms with E-state index in [9.17, 15) is 9.59 Å². The Morgan fingerprint density at radius 1 is 0.957 bits per heavy atom. The maximum Gasteiger partial charge on any atom is 0.352 e. The molecule has 0 saturated carbocycles. The summed E-state index contributed by atoms with van der Waals surface area (Å²) in [7, 11) is 1.36. The first-order valence-corrected chi connectivity index (χ1v) is 7.08. The summed E-state index contributed by atoms with van der Waals surface area (Å²) in [5, 5.41) is 4.01. The summed E-state index contributed by atoms with van der Waals surface area (Å²) >= 11 is 0. The molecule has 2 aromatic carbocycles. The third-order valence-electron chi connectivity index (χ3n) is 3.41. The first-order chi connectivity index (χ1) is 11.2. The number of ether oxygens (including phenoxy) is 1. The molecular formula is C17H15N3O3. The zero-order chi connectivity index (χ0) is 16.2. The molecule has 0 amide bonds. The Kier molecular flexibility index (Phi) is 4.05. The third-order valence-corrected chi connectivity index (χ3v) is 3.41. The van der Waals surface area contributed by atoms with Crippen LogP contribution in [0.5, 0.6) is 5.88 Å². The quantitative estimate of drug-likeness (QED) is 0.731. The molecule has 1 aromatic heterocycles. The van der Waals surface area contributed by atoms with Crippen LogP contribution < -0.4 is 16.0 Å². The van der Waals surface area contributed by atoms with Crippen LogP contribution in [0.4, 0.5) is 0 Å². The molecule has 0 saturated heterocycles. The van der Waals surface area contributed by atoms with Gasteiger partial charge < -0.3 is 4.74 Å². The van der Waals surface area contributed by atoms with Crippen LogP contribution in [0.3, 0.4) is 0 Å². The SMILES string of the molecule is COc1nn(-c2ccccc2)c(=O)n(Cc2ccccc2)c1=O. The Hall–Kier alpha value is -3.15. The van der Waals surface area contributed by atoms with Crippen molar-refractivity contribution in [2.24, 2.45) is 0 Å². The molecule has 0 unspecified atom stereocenters. The molecule has 0 aliphatic carbocycles. The van der Waals surface area contributed by atoms with Crippen LogP contribution in [-0.4, -0.2) is 21.5 Å². The van der Waals surface area contributed by atoms with Crippen LogP contribution in [-0.2, 0) is 6.54 Å². The molecule has 0 atom stereocenters. The first-order valence-electron chi connectivity index (χ1n) is 7.08. The summed E-state index contributed by atoms with van der Waals surface area (Å²) in [5.41, 5.74) is 0.358. The smallest absolute Gasteiger partial charge is 0.352 e. The average Bonchev–Trinajstić information content (AvgIpc) is 2.60. The van der Waals surface area contributed by atoms with E-state index in [1.54, 1.807) is 24.3 Å². The fourth-order valence-corrected chi connectivity index (χ4v) is 2.26. The minimum atomic E-state index is -0.548. The fourth-order valence-electron chi connectivity index (χ4n) is 2.26. The van der Waals surface area contributed by atoms with Crippen LogP contribution in [0.25, 0.3) is 5.69 Å². The summed E-state index contributed by atoms with van der Waals surface area (Å²) in [4.78, 5) is 25.0. The second kappa shape index (κ2) is 6.31. The largest absolute Gasteiger partial charge is 0.476 e. The summed E-state index contributed by atoms with van der Waals surface area (Å²) < 4.78 is 7.33. The predicted octanol–water partition coefficient (Wildman–Crippen LogP) is 1.45. The molecule has 3 aromatic rings. The second-order valence-electron chi connectivity index (χ2n) is 4.92.